The van der Waals surface area contributed by atoms with Crippen LogP contribution in [-0.4, -0.2) is 24.1 Å². The monoisotopic (exact) mass is 405 g/mol. The fourth-order valence-corrected chi connectivity index (χ4v) is 4.66. The summed E-state index contributed by atoms with van der Waals surface area (Å²) < 4.78 is 6.08. The molecule has 30 heavy (non-hydrogen) atoms. The molecule has 4 nitrogen and oxygen atoms in total. The van der Waals surface area contributed by atoms with Gasteiger partial charge in [0, 0.05) is 13.0 Å². The zero-order valence-corrected chi connectivity index (χ0v) is 18.2. The summed E-state index contributed by atoms with van der Waals surface area (Å²) in [5.74, 6) is 1.25. The van der Waals surface area contributed by atoms with E-state index in [4.69, 9.17) is 4.74 Å². The van der Waals surface area contributed by atoms with Crippen LogP contribution in [0.1, 0.15) is 53.1 Å². The fraction of sp³-hybridized carbons (Fsp3) is 0.462. The highest BCUT2D eigenvalue weighted by molar-refractivity contribution is 5.83. The first-order chi connectivity index (χ1) is 14.5. The van der Waals surface area contributed by atoms with Gasteiger partial charge in [-0.3, -0.25) is 4.79 Å². The summed E-state index contributed by atoms with van der Waals surface area (Å²) in [6, 6.07) is 12.3. The van der Waals surface area contributed by atoms with Crippen molar-refractivity contribution in [3.8, 4) is 11.8 Å². The van der Waals surface area contributed by atoms with E-state index in [1.807, 2.05) is 38.1 Å². The number of aliphatic hydroxyl groups excluding tert-OH is 1. The summed E-state index contributed by atoms with van der Waals surface area (Å²) in [4.78, 5) is 12.5. The van der Waals surface area contributed by atoms with Crippen LogP contribution in [0.25, 0.3) is 0 Å². The summed E-state index contributed by atoms with van der Waals surface area (Å²) in [7, 11) is 0. The molecule has 1 aliphatic carbocycles. The minimum Gasteiger partial charge on any atom is -0.493 e. The Morgan fingerprint density at radius 2 is 1.93 bits per heavy atom. The third kappa shape index (κ3) is 4.91. The van der Waals surface area contributed by atoms with Crippen LogP contribution in [0.4, 0.5) is 0 Å². The van der Waals surface area contributed by atoms with Gasteiger partial charge in [-0.15, -0.1) is 0 Å². The molecule has 0 heterocycles. The molecular weight excluding hydrogens is 374 g/mol. The van der Waals surface area contributed by atoms with Crippen molar-refractivity contribution in [3.05, 3.63) is 63.7 Å². The number of nitrogens with zero attached hydrogens (tertiary/aromatic N) is 1. The molecule has 0 amide bonds. The van der Waals surface area contributed by atoms with Gasteiger partial charge < -0.3 is 9.84 Å². The van der Waals surface area contributed by atoms with Gasteiger partial charge in [0.25, 0.3) is 0 Å². The zero-order chi connectivity index (χ0) is 21.7. The SMILES string of the molecule is CCc1cc(C[C@H]2CCC(=O)[C@@H]2COc2cc(C)c(CCO)c(C)c2)ccc1C#N. The number of carbonyl (C=O) groups is 1. The van der Waals surface area contributed by atoms with E-state index in [0.29, 0.717) is 19.4 Å². The van der Waals surface area contributed by atoms with Gasteiger partial charge in [-0.1, -0.05) is 19.1 Å². The lowest BCUT2D eigenvalue weighted by Crippen LogP contribution is -2.24. The van der Waals surface area contributed by atoms with Crippen molar-refractivity contribution in [3.63, 3.8) is 0 Å². The van der Waals surface area contributed by atoms with Crippen LogP contribution in [0.5, 0.6) is 5.75 Å². The number of hydrogen-bond donors (Lipinski definition) is 1. The number of ketones is 1. The van der Waals surface area contributed by atoms with Gasteiger partial charge in [0.05, 0.1) is 24.2 Å². The number of carbonyl (C=O) groups excluding carboxylic acids is 1. The lowest BCUT2D eigenvalue weighted by Gasteiger charge is -2.20. The van der Waals surface area contributed by atoms with Gasteiger partial charge in [0.2, 0.25) is 0 Å². The summed E-state index contributed by atoms with van der Waals surface area (Å²) in [5.41, 5.74) is 6.37. The topological polar surface area (TPSA) is 70.3 Å². The van der Waals surface area contributed by atoms with Crippen LogP contribution < -0.4 is 4.74 Å². The molecule has 2 aromatic carbocycles. The average Bonchev–Trinajstić information content (AvgIpc) is 3.08. The van der Waals surface area contributed by atoms with Crippen LogP contribution in [-0.2, 0) is 24.1 Å². The smallest absolute Gasteiger partial charge is 0.139 e. The number of nitriles is 1. The predicted molar refractivity (Wildman–Crippen MR) is 118 cm³/mol. The van der Waals surface area contributed by atoms with Crippen molar-refractivity contribution < 1.29 is 14.6 Å². The van der Waals surface area contributed by atoms with Gasteiger partial charge in [0.1, 0.15) is 11.5 Å². The third-order valence-corrected chi connectivity index (χ3v) is 6.37. The average molecular weight is 406 g/mol. The quantitative estimate of drug-likeness (QED) is 0.702. The van der Waals surface area contributed by atoms with Crippen LogP contribution in [0.3, 0.4) is 0 Å². The number of aliphatic hydroxyl groups is 1. The largest absolute Gasteiger partial charge is 0.493 e. The standard InChI is InChI=1S/C26H31NO3/c1-4-20-13-19(5-6-22(20)15-27)14-21-7-8-26(29)25(21)16-30-23-11-17(2)24(9-10-28)18(3)12-23/h5-6,11-13,21,25,28H,4,7-10,14,16H2,1-3H3/t21-,25-/m1/s1. The highest BCUT2D eigenvalue weighted by Gasteiger charge is 2.35. The molecule has 1 aliphatic rings. The molecule has 0 unspecified atom stereocenters. The first kappa shape index (κ1) is 22.1. The highest BCUT2D eigenvalue weighted by atomic mass is 16.5. The Hall–Kier alpha value is -2.64. The van der Waals surface area contributed by atoms with Crippen molar-refractivity contribution in [2.24, 2.45) is 11.8 Å². The van der Waals surface area contributed by atoms with E-state index in [0.717, 1.165) is 52.8 Å². The maximum Gasteiger partial charge on any atom is 0.139 e. The van der Waals surface area contributed by atoms with Gasteiger partial charge in [-0.25, -0.2) is 0 Å². The molecule has 4 heteroatoms. The molecule has 0 radical (unpaired) electrons. The predicted octanol–water partition coefficient (Wildman–Crippen LogP) is 4.49. The molecule has 0 saturated heterocycles. The minimum absolute atomic E-state index is 0.0940. The summed E-state index contributed by atoms with van der Waals surface area (Å²) in [6.07, 6.45) is 3.82. The Kier molecular flexibility index (Phi) is 7.29. The highest BCUT2D eigenvalue weighted by Crippen LogP contribution is 2.33. The molecule has 0 spiro atoms. The number of Topliss-reactive ketones (excluding diaryl/α,β-unsaturated/α-hetero) is 1. The van der Waals surface area contributed by atoms with Gasteiger partial charge in [0.15, 0.2) is 0 Å². The molecule has 0 bridgehead atoms. The van der Waals surface area contributed by atoms with Crippen molar-refractivity contribution in [1.29, 1.82) is 5.26 Å². The summed E-state index contributed by atoms with van der Waals surface area (Å²) >= 11 is 0. The van der Waals surface area contributed by atoms with E-state index in [-0.39, 0.29) is 24.2 Å². The second kappa shape index (κ2) is 9.91. The number of benzene rings is 2. The number of hydrogen-bond acceptors (Lipinski definition) is 4. The minimum atomic E-state index is -0.0940. The van der Waals surface area contributed by atoms with E-state index >= 15 is 0 Å². The van der Waals surface area contributed by atoms with Crippen molar-refractivity contribution in [2.75, 3.05) is 13.2 Å². The van der Waals surface area contributed by atoms with Gasteiger partial charge >= 0.3 is 0 Å². The molecular formula is C26H31NO3. The lowest BCUT2D eigenvalue weighted by molar-refractivity contribution is -0.122. The molecule has 1 saturated carbocycles. The van der Waals surface area contributed by atoms with Gasteiger partial charge in [-0.2, -0.15) is 5.26 Å². The second-order valence-corrected chi connectivity index (χ2v) is 8.35. The molecule has 158 valence electrons. The van der Waals surface area contributed by atoms with E-state index in [1.165, 1.54) is 5.56 Å². The Balaban J connectivity index is 1.70. The summed E-state index contributed by atoms with van der Waals surface area (Å²) in [6.45, 7) is 6.66. The molecule has 0 aliphatic heterocycles. The lowest BCUT2D eigenvalue weighted by atomic mass is 9.88. The van der Waals surface area contributed by atoms with Crippen LogP contribution >= 0.6 is 0 Å². The Labute approximate surface area is 179 Å². The van der Waals surface area contributed by atoms with Crippen molar-refractivity contribution in [2.45, 2.75) is 52.9 Å². The Morgan fingerprint density at radius 3 is 2.57 bits per heavy atom. The van der Waals surface area contributed by atoms with Crippen LogP contribution in [0.15, 0.2) is 30.3 Å². The number of ether oxygens (including phenoxy) is 1. The molecule has 2 atom stereocenters. The Morgan fingerprint density at radius 1 is 1.20 bits per heavy atom. The molecule has 1 N–H and O–H groups in total. The molecule has 3 rings (SSSR count). The maximum atomic E-state index is 12.5. The number of rotatable bonds is 8. The molecule has 1 fully saturated rings. The first-order valence-corrected chi connectivity index (χ1v) is 10.8. The second-order valence-electron chi connectivity index (χ2n) is 8.35. The van der Waals surface area contributed by atoms with Crippen molar-refractivity contribution >= 4 is 5.78 Å². The Bertz CT molecular complexity index is 934. The van der Waals surface area contributed by atoms with E-state index in [9.17, 15) is 15.2 Å². The van der Waals surface area contributed by atoms with Crippen LogP contribution in [0.2, 0.25) is 0 Å². The van der Waals surface area contributed by atoms with Crippen LogP contribution in [0, 0.1) is 37.0 Å². The normalized spacial score (nSPS) is 18.4. The van der Waals surface area contributed by atoms with Gasteiger partial charge in [-0.05, 0) is 91.5 Å². The van der Waals surface area contributed by atoms with E-state index in [2.05, 4.69) is 19.1 Å². The molecule has 2 aromatic rings. The third-order valence-electron chi connectivity index (χ3n) is 6.37. The van der Waals surface area contributed by atoms with E-state index < -0.39 is 0 Å². The maximum absolute atomic E-state index is 12.5. The number of aryl methyl sites for hydroxylation is 3. The van der Waals surface area contributed by atoms with E-state index in [1.54, 1.807) is 0 Å². The molecule has 0 aromatic heterocycles. The fourth-order valence-electron chi connectivity index (χ4n) is 4.66. The zero-order valence-electron chi connectivity index (χ0n) is 18.2. The van der Waals surface area contributed by atoms with Crippen molar-refractivity contribution in [1.82, 2.24) is 0 Å². The summed E-state index contributed by atoms with van der Waals surface area (Å²) in [5, 5.41) is 18.5. The first-order valence-electron chi connectivity index (χ1n) is 10.8.